The summed E-state index contributed by atoms with van der Waals surface area (Å²) in [6.45, 7) is 7.96. The number of allylic oxidation sites excluding steroid dienone is 1. The molecule has 20 heavy (non-hydrogen) atoms. The molecule has 1 heterocycles. The molecule has 0 spiro atoms. The van der Waals surface area contributed by atoms with Crippen LogP contribution in [0, 0.1) is 0 Å². The number of anilines is 1. The van der Waals surface area contributed by atoms with E-state index in [9.17, 15) is 4.79 Å². The summed E-state index contributed by atoms with van der Waals surface area (Å²) < 4.78 is 0. The highest BCUT2D eigenvalue weighted by Gasteiger charge is 2.11. The first kappa shape index (κ1) is 14.7. The quantitative estimate of drug-likeness (QED) is 0.853. The molecule has 2 N–H and O–H groups in total. The van der Waals surface area contributed by atoms with Gasteiger partial charge in [0.15, 0.2) is 0 Å². The van der Waals surface area contributed by atoms with Crippen LogP contribution in [-0.4, -0.2) is 4.98 Å². The fraction of sp³-hybridized carbons (Fsp3) is 0.312. The molecule has 0 aliphatic rings. The Labute approximate surface area is 123 Å². The maximum absolute atomic E-state index is 11.5. The molecule has 0 atom stereocenters. The van der Waals surface area contributed by atoms with Gasteiger partial charge in [-0.2, -0.15) is 0 Å². The Morgan fingerprint density at radius 1 is 1.45 bits per heavy atom. The van der Waals surface area contributed by atoms with Crippen LogP contribution in [0.5, 0.6) is 0 Å². The van der Waals surface area contributed by atoms with Gasteiger partial charge in [-0.15, -0.1) is 0 Å². The number of nitrogens with one attached hydrogen (secondary N) is 2. The van der Waals surface area contributed by atoms with Crippen LogP contribution < -0.4 is 10.9 Å². The minimum Gasteiger partial charge on any atom is -0.359 e. The highest BCUT2D eigenvalue weighted by molar-refractivity contribution is 6.35. The van der Waals surface area contributed by atoms with Crippen LogP contribution in [0.2, 0.25) is 5.02 Å². The molecule has 3 nitrogen and oxygen atoms in total. The summed E-state index contributed by atoms with van der Waals surface area (Å²) in [5.74, 6) is 0. The van der Waals surface area contributed by atoms with Crippen molar-refractivity contribution in [2.75, 3.05) is 5.32 Å². The molecule has 0 unspecified atom stereocenters. The molecular weight excluding hydrogens is 272 g/mol. The number of hydrogen-bond donors (Lipinski definition) is 2. The second kappa shape index (κ2) is 6.14. The van der Waals surface area contributed by atoms with E-state index in [1.54, 1.807) is 0 Å². The van der Waals surface area contributed by atoms with Crippen molar-refractivity contribution in [1.82, 2.24) is 4.98 Å². The summed E-state index contributed by atoms with van der Waals surface area (Å²) in [4.78, 5) is 14.4. The van der Waals surface area contributed by atoms with Crippen molar-refractivity contribution in [3.63, 3.8) is 0 Å². The topological polar surface area (TPSA) is 44.9 Å². The number of pyridine rings is 1. The van der Waals surface area contributed by atoms with Crippen molar-refractivity contribution in [2.45, 2.75) is 33.1 Å². The van der Waals surface area contributed by atoms with Gasteiger partial charge in [0.25, 0.3) is 0 Å². The molecule has 0 saturated heterocycles. The van der Waals surface area contributed by atoms with E-state index in [4.69, 9.17) is 11.6 Å². The van der Waals surface area contributed by atoms with Crippen LogP contribution in [0.4, 0.5) is 5.69 Å². The number of hydrogen-bond acceptors (Lipinski definition) is 2. The average Bonchev–Trinajstić information content (AvgIpc) is 2.36. The fourth-order valence-corrected chi connectivity index (χ4v) is 2.66. The number of aryl methyl sites for hydroxylation is 1. The standard InChI is InChI=1S/C16H19ClN2O/c1-4-5-6-11-13(18-10(2)3)7-8-14-16(11)12(17)9-15(20)19-14/h7-9,18H,2,4-6H2,1,3H3,(H,19,20). The lowest BCUT2D eigenvalue weighted by molar-refractivity contribution is 0.799. The van der Waals surface area contributed by atoms with Gasteiger partial charge in [-0.05, 0) is 37.5 Å². The number of aromatic amines is 1. The zero-order valence-electron chi connectivity index (χ0n) is 11.8. The summed E-state index contributed by atoms with van der Waals surface area (Å²) in [6.07, 6.45) is 3.08. The van der Waals surface area contributed by atoms with E-state index in [-0.39, 0.29) is 5.56 Å². The highest BCUT2D eigenvalue weighted by atomic mass is 35.5. The first-order valence-electron chi connectivity index (χ1n) is 6.80. The number of benzene rings is 1. The molecule has 0 amide bonds. The molecule has 2 aromatic rings. The Kier molecular flexibility index (Phi) is 4.50. The summed E-state index contributed by atoms with van der Waals surface area (Å²) in [6, 6.07) is 5.28. The van der Waals surface area contributed by atoms with Crippen molar-refractivity contribution in [3.05, 3.63) is 51.4 Å². The Morgan fingerprint density at radius 3 is 2.85 bits per heavy atom. The van der Waals surface area contributed by atoms with Gasteiger partial charge in [0.1, 0.15) is 0 Å². The van der Waals surface area contributed by atoms with E-state index in [1.807, 2.05) is 19.1 Å². The van der Waals surface area contributed by atoms with E-state index >= 15 is 0 Å². The molecule has 4 heteroatoms. The summed E-state index contributed by atoms with van der Waals surface area (Å²) in [7, 11) is 0. The molecule has 0 fully saturated rings. The second-order valence-corrected chi connectivity index (χ2v) is 5.41. The number of halogens is 1. The van der Waals surface area contributed by atoms with Crippen LogP contribution >= 0.6 is 11.6 Å². The van der Waals surface area contributed by atoms with Crippen LogP contribution in [0.15, 0.2) is 35.3 Å². The van der Waals surface area contributed by atoms with Gasteiger partial charge in [-0.3, -0.25) is 4.79 Å². The number of aromatic nitrogens is 1. The first-order valence-corrected chi connectivity index (χ1v) is 7.17. The lowest BCUT2D eigenvalue weighted by Crippen LogP contribution is -2.06. The Balaban J connectivity index is 2.68. The van der Waals surface area contributed by atoms with E-state index in [0.717, 1.165) is 47.1 Å². The molecule has 0 saturated carbocycles. The molecule has 0 bridgehead atoms. The minimum atomic E-state index is -0.176. The zero-order valence-corrected chi connectivity index (χ0v) is 12.6. The molecule has 0 aliphatic carbocycles. The van der Waals surface area contributed by atoms with Crippen molar-refractivity contribution in [2.24, 2.45) is 0 Å². The molecule has 1 aromatic carbocycles. The largest absolute Gasteiger partial charge is 0.359 e. The zero-order chi connectivity index (χ0) is 14.7. The maximum Gasteiger partial charge on any atom is 0.249 e. The second-order valence-electron chi connectivity index (χ2n) is 5.00. The maximum atomic E-state index is 11.5. The monoisotopic (exact) mass is 290 g/mol. The van der Waals surface area contributed by atoms with E-state index in [2.05, 4.69) is 23.8 Å². The summed E-state index contributed by atoms with van der Waals surface area (Å²) in [5, 5.41) is 4.69. The van der Waals surface area contributed by atoms with Gasteiger partial charge < -0.3 is 10.3 Å². The number of rotatable bonds is 5. The lowest BCUT2D eigenvalue weighted by Gasteiger charge is -2.15. The smallest absolute Gasteiger partial charge is 0.249 e. The molecule has 0 aliphatic heterocycles. The van der Waals surface area contributed by atoms with Gasteiger partial charge in [-0.1, -0.05) is 31.5 Å². The van der Waals surface area contributed by atoms with Gasteiger partial charge in [0.2, 0.25) is 5.56 Å². The highest BCUT2D eigenvalue weighted by Crippen LogP contribution is 2.31. The van der Waals surface area contributed by atoms with E-state index in [1.165, 1.54) is 6.07 Å². The van der Waals surface area contributed by atoms with Crippen LogP contribution in [0.3, 0.4) is 0 Å². The summed E-state index contributed by atoms with van der Waals surface area (Å²) >= 11 is 6.28. The molecule has 1 aromatic heterocycles. The predicted octanol–water partition coefficient (Wildman–Crippen LogP) is 4.47. The van der Waals surface area contributed by atoms with Crippen LogP contribution in [0.1, 0.15) is 32.3 Å². The first-order chi connectivity index (χ1) is 9.52. The van der Waals surface area contributed by atoms with E-state index in [0.29, 0.717) is 5.02 Å². The summed E-state index contributed by atoms with van der Waals surface area (Å²) in [5.41, 5.74) is 3.62. The Morgan fingerprint density at radius 2 is 2.20 bits per heavy atom. The number of fused-ring (bicyclic) bond motifs is 1. The van der Waals surface area contributed by atoms with Crippen molar-refractivity contribution >= 4 is 28.2 Å². The minimum absolute atomic E-state index is 0.176. The number of unbranched alkanes of at least 4 members (excludes halogenated alkanes) is 1. The average molecular weight is 291 g/mol. The van der Waals surface area contributed by atoms with Gasteiger partial charge in [0.05, 0.1) is 10.5 Å². The normalized spacial score (nSPS) is 10.8. The molecular formula is C16H19ClN2O. The molecule has 106 valence electrons. The van der Waals surface area contributed by atoms with Gasteiger partial charge >= 0.3 is 0 Å². The van der Waals surface area contributed by atoms with Crippen molar-refractivity contribution in [3.8, 4) is 0 Å². The third kappa shape index (κ3) is 3.05. The van der Waals surface area contributed by atoms with Crippen molar-refractivity contribution < 1.29 is 0 Å². The molecule has 0 radical (unpaired) electrons. The third-order valence-electron chi connectivity index (χ3n) is 3.20. The SMILES string of the molecule is C=C(C)Nc1ccc2[nH]c(=O)cc(Cl)c2c1CCCC. The lowest BCUT2D eigenvalue weighted by atomic mass is 10.0. The van der Waals surface area contributed by atoms with Crippen molar-refractivity contribution in [1.29, 1.82) is 0 Å². The number of H-pyrrole nitrogens is 1. The van der Waals surface area contributed by atoms with Crippen LogP contribution in [0.25, 0.3) is 10.9 Å². The van der Waals surface area contributed by atoms with Gasteiger partial charge in [0, 0.05) is 22.8 Å². The predicted molar refractivity (Wildman–Crippen MR) is 86.6 cm³/mol. The third-order valence-corrected chi connectivity index (χ3v) is 3.49. The van der Waals surface area contributed by atoms with Crippen LogP contribution in [-0.2, 0) is 6.42 Å². The van der Waals surface area contributed by atoms with E-state index < -0.39 is 0 Å². The Hall–Kier alpha value is -1.74. The molecule has 2 rings (SSSR count). The van der Waals surface area contributed by atoms with Gasteiger partial charge in [-0.25, -0.2) is 0 Å². The Bertz CT molecular complexity index is 703. The fourth-order valence-electron chi connectivity index (χ4n) is 2.34.